The molecular formula is C10H11FN4. The predicted molar refractivity (Wildman–Crippen MR) is 54.1 cm³/mol. The van der Waals surface area contributed by atoms with Gasteiger partial charge >= 0.3 is 0 Å². The second kappa shape index (κ2) is 4.18. The molecule has 0 aliphatic carbocycles. The molecule has 0 saturated carbocycles. The summed E-state index contributed by atoms with van der Waals surface area (Å²) in [6.45, 7) is 0.494. The molecule has 78 valence electrons. The fourth-order valence-electron chi connectivity index (χ4n) is 1.40. The van der Waals surface area contributed by atoms with E-state index in [9.17, 15) is 4.39 Å². The van der Waals surface area contributed by atoms with Crippen LogP contribution in [0.5, 0.6) is 0 Å². The average molecular weight is 206 g/mol. The summed E-state index contributed by atoms with van der Waals surface area (Å²) in [6.07, 6.45) is 2.18. The van der Waals surface area contributed by atoms with Gasteiger partial charge in [-0.05, 0) is 24.7 Å². The van der Waals surface area contributed by atoms with E-state index < -0.39 is 0 Å². The van der Waals surface area contributed by atoms with Crippen molar-refractivity contribution in [3.8, 4) is 5.69 Å². The third-order valence-corrected chi connectivity index (χ3v) is 2.07. The molecule has 0 unspecified atom stereocenters. The molecule has 2 aromatic rings. The molecule has 0 radical (unpaired) electrons. The Morgan fingerprint density at radius 3 is 3.00 bits per heavy atom. The Kier molecular flexibility index (Phi) is 2.73. The Hall–Kier alpha value is -1.75. The van der Waals surface area contributed by atoms with E-state index in [4.69, 9.17) is 5.73 Å². The first kappa shape index (κ1) is 9.79. The number of nitrogens with two attached hydrogens (primary N) is 1. The molecule has 2 N–H and O–H groups in total. The minimum atomic E-state index is -0.278. The highest BCUT2D eigenvalue weighted by atomic mass is 19.1. The van der Waals surface area contributed by atoms with Crippen LogP contribution in [0.2, 0.25) is 0 Å². The Bertz CT molecular complexity index is 452. The van der Waals surface area contributed by atoms with Gasteiger partial charge < -0.3 is 5.73 Å². The first-order chi connectivity index (χ1) is 7.31. The van der Waals surface area contributed by atoms with Crippen molar-refractivity contribution in [3.63, 3.8) is 0 Å². The van der Waals surface area contributed by atoms with Gasteiger partial charge in [0, 0.05) is 6.42 Å². The first-order valence-corrected chi connectivity index (χ1v) is 4.66. The fraction of sp³-hybridized carbons (Fsp3) is 0.200. The van der Waals surface area contributed by atoms with Crippen molar-refractivity contribution in [1.82, 2.24) is 14.8 Å². The van der Waals surface area contributed by atoms with E-state index in [1.807, 2.05) is 0 Å². The normalized spacial score (nSPS) is 10.5. The van der Waals surface area contributed by atoms with Gasteiger partial charge in [-0.3, -0.25) is 4.57 Å². The molecule has 0 fully saturated rings. The lowest BCUT2D eigenvalue weighted by atomic mass is 10.3. The van der Waals surface area contributed by atoms with E-state index in [0.29, 0.717) is 18.7 Å². The molecule has 4 nitrogen and oxygen atoms in total. The number of aromatic nitrogens is 3. The van der Waals surface area contributed by atoms with Gasteiger partial charge in [-0.1, -0.05) is 6.07 Å². The molecule has 0 aliphatic heterocycles. The van der Waals surface area contributed by atoms with E-state index in [1.54, 1.807) is 23.0 Å². The average Bonchev–Trinajstić information content (AvgIpc) is 2.66. The molecule has 1 aromatic carbocycles. The summed E-state index contributed by atoms with van der Waals surface area (Å²) < 4.78 is 14.7. The summed E-state index contributed by atoms with van der Waals surface area (Å²) in [4.78, 5) is 0. The number of halogens is 1. The molecule has 0 amide bonds. The molecule has 15 heavy (non-hydrogen) atoms. The Morgan fingerprint density at radius 1 is 1.40 bits per heavy atom. The van der Waals surface area contributed by atoms with Crippen LogP contribution in [-0.4, -0.2) is 21.3 Å². The molecule has 5 heteroatoms. The van der Waals surface area contributed by atoms with Gasteiger partial charge in [-0.15, -0.1) is 10.2 Å². The second-order valence-electron chi connectivity index (χ2n) is 3.14. The lowest BCUT2D eigenvalue weighted by molar-refractivity contribution is 0.626. The van der Waals surface area contributed by atoms with E-state index >= 15 is 0 Å². The number of hydrogen-bond donors (Lipinski definition) is 1. The van der Waals surface area contributed by atoms with Gasteiger partial charge in [-0.25, -0.2) is 4.39 Å². The van der Waals surface area contributed by atoms with Crippen LogP contribution in [0.4, 0.5) is 4.39 Å². The zero-order chi connectivity index (χ0) is 10.7. The monoisotopic (exact) mass is 206 g/mol. The third-order valence-electron chi connectivity index (χ3n) is 2.07. The van der Waals surface area contributed by atoms with Crippen LogP contribution in [0, 0.1) is 5.82 Å². The number of hydrogen-bond acceptors (Lipinski definition) is 3. The summed E-state index contributed by atoms with van der Waals surface area (Å²) >= 11 is 0. The topological polar surface area (TPSA) is 56.7 Å². The molecule has 0 spiro atoms. The Labute approximate surface area is 86.6 Å². The van der Waals surface area contributed by atoms with Gasteiger partial charge in [0.05, 0.1) is 5.69 Å². The van der Waals surface area contributed by atoms with Crippen molar-refractivity contribution in [2.24, 2.45) is 5.73 Å². The van der Waals surface area contributed by atoms with Crippen molar-refractivity contribution < 1.29 is 4.39 Å². The van der Waals surface area contributed by atoms with Gasteiger partial charge in [0.25, 0.3) is 0 Å². The standard InChI is InChI=1S/C10H11FN4/c11-8-2-1-3-9(6-8)15-7-13-14-10(15)4-5-12/h1-3,6-7H,4-5,12H2. The third kappa shape index (κ3) is 2.02. The summed E-state index contributed by atoms with van der Waals surface area (Å²) in [6, 6.07) is 6.28. The summed E-state index contributed by atoms with van der Waals surface area (Å²) in [7, 11) is 0. The maximum Gasteiger partial charge on any atom is 0.138 e. The Morgan fingerprint density at radius 2 is 2.27 bits per heavy atom. The molecule has 2 rings (SSSR count). The van der Waals surface area contributed by atoms with Crippen LogP contribution in [0.15, 0.2) is 30.6 Å². The molecule has 0 saturated heterocycles. The maximum atomic E-state index is 13.0. The molecule has 0 aliphatic rings. The van der Waals surface area contributed by atoms with E-state index in [2.05, 4.69) is 10.2 Å². The zero-order valence-corrected chi connectivity index (χ0v) is 8.10. The molecule has 1 heterocycles. The van der Waals surface area contributed by atoms with Crippen molar-refractivity contribution >= 4 is 0 Å². The highest BCUT2D eigenvalue weighted by molar-refractivity contribution is 5.32. The van der Waals surface area contributed by atoms with Crippen molar-refractivity contribution in [1.29, 1.82) is 0 Å². The van der Waals surface area contributed by atoms with Crippen molar-refractivity contribution in [3.05, 3.63) is 42.2 Å². The van der Waals surface area contributed by atoms with Crippen LogP contribution in [0.1, 0.15) is 5.82 Å². The highest BCUT2D eigenvalue weighted by Gasteiger charge is 2.05. The van der Waals surface area contributed by atoms with E-state index in [1.165, 1.54) is 12.1 Å². The van der Waals surface area contributed by atoms with Crippen LogP contribution in [0.3, 0.4) is 0 Å². The largest absolute Gasteiger partial charge is 0.330 e. The predicted octanol–water partition coefficient (Wildman–Crippen LogP) is 0.908. The zero-order valence-electron chi connectivity index (χ0n) is 8.10. The first-order valence-electron chi connectivity index (χ1n) is 4.66. The van der Waals surface area contributed by atoms with Gasteiger partial charge in [-0.2, -0.15) is 0 Å². The molecular weight excluding hydrogens is 195 g/mol. The van der Waals surface area contributed by atoms with Crippen LogP contribution in [-0.2, 0) is 6.42 Å². The SMILES string of the molecule is NCCc1nncn1-c1cccc(F)c1. The minimum Gasteiger partial charge on any atom is -0.330 e. The van der Waals surface area contributed by atoms with E-state index in [0.717, 1.165) is 5.82 Å². The second-order valence-corrected chi connectivity index (χ2v) is 3.14. The number of benzene rings is 1. The Balaban J connectivity index is 2.40. The summed E-state index contributed by atoms with van der Waals surface area (Å²) in [5.74, 6) is 0.461. The van der Waals surface area contributed by atoms with Crippen molar-refractivity contribution in [2.75, 3.05) is 6.54 Å². The summed E-state index contributed by atoms with van der Waals surface area (Å²) in [5.41, 5.74) is 6.15. The lowest BCUT2D eigenvalue weighted by Gasteiger charge is -2.05. The molecule has 1 aromatic heterocycles. The smallest absolute Gasteiger partial charge is 0.138 e. The van der Waals surface area contributed by atoms with E-state index in [-0.39, 0.29) is 5.82 Å². The highest BCUT2D eigenvalue weighted by Crippen LogP contribution is 2.11. The minimum absolute atomic E-state index is 0.278. The number of rotatable bonds is 3. The maximum absolute atomic E-state index is 13.0. The quantitative estimate of drug-likeness (QED) is 0.812. The van der Waals surface area contributed by atoms with Crippen LogP contribution in [0.25, 0.3) is 5.69 Å². The molecule has 0 atom stereocenters. The van der Waals surface area contributed by atoms with Crippen molar-refractivity contribution in [2.45, 2.75) is 6.42 Å². The summed E-state index contributed by atoms with van der Waals surface area (Å²) in [5, 5.41) is 7.70. The molecule has 0 bridgehead atoms. The van der Waals surface area contributed by atoms with Gasteiger partial charge in [0.15, 0.2) is 0 Å². The van der Waals surface area contributed by atoms with Crippen LogP contribution >= 0.6 is 0 Å². The lowest BCUT2D eigenvalue weighted by Crippen LogP contribution is -2.08. The van der Waals surface area contributed by atoms with Crippen LogP contribution < -0.4 is 5.73 Å². The number of nitrogens with zero attached hydrogens (tertiary/aromatic N) is 3. The fourth-order valence-corrected chi connectivity index (χ4v) is 1.40. The van der Waals surface area contributed by atoms with Gasteiger partial charge in [0.2, 0.25) is 0 Å². The van der Waals surface area contributed by atoms with Gasteiger partial charge in [0.1, 0.15) is 18.0 Å².